The first-order valence-electron chi connectivity index (χ1n) is 14.2. The fourth-order valence-electron chi connectivity index (χ4n) is 4.74. The number of aromatic nitrogens is 1. The predicted molar refractivity (Wildman–Crippen MR) is 168 cm³/mol. The smallest absolute Gasteiger partial charge is 0.257 e. The minimum absolute atomic E-state index is 0.0161. The zero-order chi connectivity index (χ0) is 30.1. The summed E-state index contributed by atoms with van der Waals surface area (Å²) in [6.07, 6.45) is 2.65. The molecule has 0 aliphatic carbocycles. The van der Waals surface area contributed by atoms with Crippen LogP contribution in [0.5, 0.6) is 0 Å². The first-order valence-corrected chi connectivity index (χ1v) is 16.0. The van der Waals surface area contributed by atoms with E-state index in [0.717, 1.165) is 21.8 Å². The summed E-state index contributed by atoms with van der Waals surface area (Å²) in [7, 11) is 0. The van der Waals surface area contributed by atoms with Crippen LogP contribution in [-0.2, 0) is 17.1 Å². The maximum atomic E-state index is 13.0. The van der Waals surface area contributed by atoms with Crippen LogP contribution in [0.1, 0.15) is 59.0 Å². The van der Waals surface area contributed by atoms with E-state index in [2.05, 4.69) is 29.5 Å². The number of anilines is 1. The van der Waals surface area contributed by atoms with Crippen molar-refractivity contribution in [3.8, 4) is 0 Å². The van der Waals surface area contributed by atoms with E-state index in [0.29, 0.717) is 60.7 Å². The molecule has 11 heteroatoms. The van der Waals surface area contributed by atoms with Gasteiger partial charge in [-0.1, -0.05) is 49.4 Å². The fourth-order valence-corrected chi connectivity index (χ4v) is 6.55. The summed E-state index contributed by atoms with van der Waals surface area (Å²) in [6, 6.07) is 15.1. The van der Waals surface area contributed by atoms with E-state index in [9.17, 15) is 19.5 Å². The van der Waals surface area contributed by atoms with Crippen LogP contribution in [0, 0.1) is 5.92 Å². The van der Waals surface area contributed by atoms with E-state index >= 15 is 0 Å². The molecular weight excluding hydrogens is 571 g/mol. The second-order valence-electron chi connectivity index (χ2n) is 10.8. The molecule has 0 radical (unpaired) electrons. The van der Waals surface area contributed by atoms with Crippen molar-refractivity contribution in [2.75, 3.05) is 38.1 Å². The van der Waals surface area contributed by atoms with Crippen LogP contribution in [0.25, 0.3) is 0 Å². The Kier molecular flexibility index (Phi) is 11.5. The second kappa shape index (κ2) is 15.3. The van der Waals surface area contributed by atoms with Crippen molar-refractivity contribution in [3.05, 3.63) is 77.0 Å². The van der Waals surface area contributed by atoms with Crippen LogP contribution in [0.4, 0.5) is 5.13 Å². The van der Waals surface area contributed by atoms with Gasteiger partial charge >= 0.3 is 0 Å². The third-order valence-corrected chi connectivity index (χ3v) is 9.24. The maximum absolute atomic E-state index is 13.0. The molecule has 42 heavy (non-hydrogen) atoms. The van der Waals surface area contributed by atoms with Crippen molar-refractivity contribution in [1.29, 1.82) is 0 Å². The molecule has 1 fully saturated rings. The third kappa shape index (κ3) is 9.12. The Hall–Kier alpha value is -3.25. The number of benzene rings is 2. The lowest BCUT2D eigenvalue weighted by Gasteiger charge is -2.34. The van der Waals surface area contributed by atoms with Crippen LogP contribution in [-0.4, -0.2) is 76.4 Å². The van der Waals surface area contributed by atoms with Crippen molar-refractivity contribution in [3.63, 3.8) is 0 Å². The second-order valence-corrected chi connectivity index (χ2v) is 13.1. The molecule has 3 N–H and O–H groups in total. The molecule has 224 valence electrons. The summed E-state index contributed by atoms with van der Waals surface area (Å²) in [4.78, 5) is 45.3. The first kappa shape index (κ1) is 31.7. The standard InChI is InChI=1S/C31H39N5O4S2/c1-21(2)15-27(19-37)32-17-23-7-9-25(10-8-23)29(39)34-31-33-18-28(42-31)41-20-24-5-4-6-26(16-24)30(40)36-13-11-35(12-14-36)22(3)38/h4-10,16,18,21,27,32,37H,11-15,17,19-20H2,1-3H3,(H,33,34,39)/t27-/m0/s1. The van der Waals surface area contributed by atoms with Gasteiger partial charge in [0, 0.05) is 62.6 Å². The zero-order valence-electron chi connectivity index (χ0n) is 24.3. The number of hydrogen-bond donors (Lipinski definition) is 3. The number of carbonyl (C=O) groups excluding carboxylic acids is 3. The summed E-state index contributed by atoms with van der Waals surface area (Å²) in [5, 5.41) is 16.3. The van der Waals surface area contributed by atoms with Crippen molar-refractivity contribution < 1.29 is 19.5 Å². The molecule has 2 aromatic carbocycles. The number of amides is 3. The molecule has 4 rings (SSSR count). The largest absolute Gasteiger partial charge is 0.395 e. The van der Waals surface area contributed by atoms with Gasteiger partial charge in [-0.05, 0) is 47.7 Å². The number of carbonyl (C=O) groups is 3. The average Bonchev–Trinajstić information content (AvgIpc) is 3.45. The van der Waals surface area contributed by atoms with Gasteiger partial charge in [0.25, 0.3) is 11.8 Å². The number of aliphatic hydroxyl groups excluding tert-OH is 1. The third-order valence-electron chi connectivity index (χ3n) is 7.06. The molecule has 2 heterocycles. The molecule has 1 saturated heterocycles. The van der Waals surface area contributed by atoms with Gasteiger partial charge in [0.05, 0.1) is 17.0 Å². The van der Waals surface area contributed by atoms with Crippen molar-refractivity contribution in [2.24, 2.45) is 5.92 Å². The Balaban J connectivity index is 1.25. The predicted octanol–water partition coefficient (Wildman–Crippen LogP) is 4.49. The molecule has 0 bridgehead atoms. The van der Waals surface area contributed by atoms with Crippen LogP contribution in [0.3, 0.4) is 0 Å². The molecule has 0 unspecified atom stereocenters. The first-order chi connectivity index (χ1) is 20.2. The van der Waals surface area contributed by atoms with Gasteiger partial charge in [0.2, 0.25) is 5.91 Å². The van der Waals surface area contributed by atoms with E-state index in [4.69, 9.17) is 0 Å². The zero-order valence-corrected chi connectivity index (χ0v) is 26.0. The Morgan fingerprint density at radius 2 is 1.71 bits per heavy atom. The van der Waals surface area contributed by atoms with Crippen molar-refractivity contribution in [2.45, 2.75) is 49.7 Å². The van der Waals surface area contributed by atoms with Crippen LogP contribution in [0.2, 0.25) is 0 Å². The quantitative estimate of drug-likeness (QED) is 0.259. The van der Waals surface area contributed by atoms with Gasteiger partial charge in [-0.15, -0.1) is 11.8 Å². The molecular formula is C31H39N5O4S2. The molecule has 1 aliphatic rings. The molecule has 1 atom stereocenters. The number of nitrogens with one attached hydrogen (secondary N) is 2. The van der Waals surface area contributed by atoms with Gasteiger partial charge in [-0.25, -0.2) is 4.98 Å². The Morgan fingerprint density at radius 3 is 2.38 bits per heavy atom. The van der Waals surface area contributed by atoms with E-state index < -0.39 is 0 Å². The van der Waals surface area contributed by atoms with Gasteiger partial charge < -0.3 is 20.2 Å². The van der Waals surface area contributed by atoms with Gasteiger partial charge in [0.1, 0.15) is 0 Å². The van der Waals surface area contributed by atoms with Crippen molar-refractivity contribution in [1.82, 2.24) is 20.1 Å². The fraction of sp³-hybridized carbons (Fsp3) is 0.419. The number of aliphatic hydroxyl groups is 1. The number of thiazole rings is 1. The Labute approximate surface area is 255 Å². The monoisotopic (exact) mass is 609 g/mol. The average molecular weight is 610 g/mol. The van der Waals surface area contributed by atoms with Crippen LogP contribution in [0.15, 0.2) is 58.9 Å². The van der Waals surface area contributed by atoms with E-state index in [-0.39, 0.29) is 30.4 Å². The summed E-state index contributed by atoms with van der Waals surface area (Å²) in [5.41, 5.74) is 3.26. The maximum Gasteiger partial charge on any atom is 0.257 e. The molecule has 0 spiro atoms. The lowest BCUT2D eigenvalue weighted by atomic mass is 10.0. The minimum atomic E-state index is -0.219. The minimum Gasteiger partial charge on any atom is -0.395 e. The highest BCUT2D eigenvalue weighted by atomic mass is 32.2. The highest BCUT2D eigenvalue weighted by molar-refractivity contribution is 8.00. The van der Waals surface area contributed by atoms with Crippen LogP contribution < -0.4 is 10.6 Å². The number of hydrogen-bond acceptors (Lipinski definition) is 8. The van der Waals surface area contributed by atoms with E-state index in [1.165, 1.54) is 11.3 Å². The topological polar surface area (TPSA) is 115 Å². The SMILES string of the molecule is CC(=O)N1CCN(C(=O)c2cccc(CSc3cnc(NC(=O)c4ccc(CN[C@H](CO)CC(C)C)cc4)s3)c2)CC1. The van der Waals surface area contributed by atoms with Gasteiger partial charge in [-0.2, -0.15) is 0 Å². The summed E-state index contributed by atoms with van der Waals surface area (Å²) < 4.78 is 0.962. The number of piperazine rings is 1. The Morgan fingerprint density at radius 1 is 1.00 bits per heavy atom. The summed E-state index contributed by atoms with van der Waals surface area (Å²) in [6.45, 7) is 8.75. The lowest BCUT2D eigenvalue weighted by molar-refractivity contribution is -0.130. The Bertz CT molecular complexity index is 1350. The number of rotatable bonds is 12. The number of thioether (sulfide) groups is 1. The van der Waals surface area contributed by atoms with Crippen LogP contribution >= 0.6 is 23.1 Å². The summed E-state index contributed by atoms with van der Waals surface area (Å²) in [5.74, 6) is 0.972. The molecule has 0 saturated carbocycles. The number of nitrogens with zero attached hydrogens (tertiary/aromatic N) is 3. The molecule has 3 amide bonds. The molecule has 3 aromatic rings. The van der Waals surface area contributed by atoms with Crippen molar-refractivity contribution >= 4 is 46.0 Å². The lowest BCUT2D eigenvalue weighted by Crippen LogP contribution is -2.50. The normalized spacial score (nSPS) is 14.2. The van der Waals surface area contributed by atoms with Gasteiger partial charge in [-0.3, -0.25) is 19.7 Å². The highest BCUT2D eigenvalue weighted by Crippen LogP contribution is 2.31. The van der Waals surface area contributed by atoms with E-state index in [1.54, 1.807) is 46.8 Å². The highest BCUT2D eigenvalue weighted by Gasteiger charge is 2.23. The molecule has 9 nitrogen and oxygen atoms in total. The molecule has 1 aromatic heterocycles. The van der Waals surface area contributed by atoms with Gasteiger partial charge in [0.15, 0.2) is 5.13 Å². The molecule has 1 aliphatic heterocycles. The summed E-state index contributed by atoms with van der Waals surface area (Å²) >= 11 is 3.01. The van der Waals surface area contributed by atoms with E-state index in [1.807, 2.05) is 36.4 Å².